The number of amides is 3. The highest BCUT2D eigenvalue weighted by molar-refractivity contribution is 7.10. The Kier molecular flexibility index (Phi) is 14.0. The van der Waals surface area contributed by atoms with E-state index in [4.69, 9.17) is 19.4 Å². The number of carbonyl (C=O) groups is 3. The number of nitrogens with zero attached hydrogens (tertiary/aromatic N) is 4. The smallest absolute Gasteiger partial charge is 0.255 e. The fourth-order valence-electron chi connectivity index (χ4n) is 9.75. The van der Waals surface area contributed by atoms with Crippen LogP contribution in [0.2, 0.25) is 0 Å². The molecule has 3 aromatic carbocycles. The molecule has 0 saturated carbocycles. The molecule has 3 amide bonds. The number of nitrogens with one attached hydrogen (secondary N) is 3. The lowest BCUT2D eigenvalue weighted by Crippen LogP contribution is -2.52. The number of ether oxygens (including phenoxy) is 2. The molecular weight excluding hydrogens is 811 g/mol. The van der Waals surface area contributed by atoms with Gasteiger partial charge in [0, 0.05) is 40.9 Å². The van der Waals surface area contributed by atoms with Gasteiger partial charge in [-0.15, -0.1) is 11.3 Å². The second-order valence-electron chi connectivity index (χ2n) is 17.3. The van der Waals surface area contributed by atoms with E-state index < -0.39 is 6.04 Å². The number of rotatable bonds is 18. The van der Waals surface area contributed by atoms with E-state index in [1.54, 1.807) is 30.5 Å². The zero-order valence-corrected chi connectivity index (χ0v) is 38.2. The van der Waals surface area contributed by atoms with Crippen LogP contribution in [0.5, 0.6) is 11.5 Å². The zero-order valence-electron chi connectivity index (χ0n) is 37.4. The van der Waals surface area contributed by atoms with E-state index in [0.717, 1.165) is 91.9 Å². The topological polar surface area (TPSA) is 138 Å². The summed E-state index contributed by atoms with van der Waals surface area (Å²) >= 11 is 1.76. The predicted molar refractivity (Wildman–Crippen MR) is 250 cm³/mol. The number of unbranched alkanes of at least 4 members (excludes halogenated alkanes) is 4. The maximum absolute atomic E-state index is 13.4. The van der Waals surface area contributed by atoms with Gasteiger partial charge in [0.25, 0.3) is 5.91 Å². The van der Waals surface area contributed by atoms with Crippen LogP contribution < -0.4 is 25.4 Å². The normalized spacial score (nSPS) is 17.6. The predicted octanol–water partition coefficient (Wildman–Crippen LogP) is 8.71. The first-order chi connectivity index (χ1) is 30.6. The number of hydrogen-bond acceptors (Lipinski definition) is 11. The number of aryl methyl sites for hydroxylation is 2. The lowest BCUT2D eigenvalue weighted by atomic mass is 9.88. The largest absolute Gasteiger partial charge is 0.493 e. The van der Waals surface area contributed by atoms with Crippen molar-refractivity contribution < 1.29 is 23.9 Å². The maximum Gasteiger partial charge on any atom is 0.255 e. The van der Waals surface area contributed by atoms with Gasteiger partial charge in [-0.1, -0.05) is 55.7 Å². The van der Waals surface area contributed by atoms with Crippen LogP contribution >= 0.6 is 11.3 Å². The molecule has 2 saturated heterocycles. The van der Waals surface area contributed by atoms with Crippen molar-refractivity contribution >= 4 is 45.8 Å². The molecule has 332 valence electrons. The molecule has 0 aliphatic carbocycles. The minimum Gasteiger partial charge on any atom is -0.493 e. The van der Waals surface area contributed by atoms with Crippen molar-refractivity contribution in [3.05, 3.63) is 98.5 Å². The molecule has 63 heavy (non-hydrogen) atoms. The van der Waals surface area contributed by atoms with Gasteiger partial charge >= 0.3 is 0 Å². The van der Waals surface area contributed by atoms with Gasteiger partial charge in [-0.3, -0.25) is 19.7 Å². The number of carbonyl (C=O) groups excluding carboxylic acids is 3. The Morgan fingerprint density at radius 3 is 2.49 bits per heavy atom. The van der Waals surface area contributed by atoms with Gasteiger partial charge in [0.1, 0.15) is 17.7 Å². The minimum absolute atomic E-state index is 0.0268. The highest BCUT2D eigenvalue weighted by Crippen LogP contribution is 2.41. The molecule has 8 rings (SSSR count). The van der Waals surface area contributed by atoms with Crippen LogP contribution in [-0.2, 0) is 29.1 Å². The highest BCUT2D eigenvalue weighted by atomic mass is 32.1. The van der Waals surface area contributed by atoms with Crippen molar-refractivity contribution in [2.75, 3.05) is 46.2 Å². The summed E-state index contributed by atoms with van der Waals surface area (Å²) in [6.45, 7) is 8.59. The average Bonchev–Trinajstić information content (AvgIpc) is 3.91. The van der Waals surface area contributed by atoms with E-state index in [2.05, 4.69) is 81.7 Å². The fraction of sp³-hybridized carbons (Fsp3) is 0.460. The van der Waals surface area contributed by atoms with Crippen LogP contribution in [0.3, 0.4) is 0 Å². The van der Waals surface area contributed by atoms with Gasteiger partial charge in [-0.2, -0.15) is 0 Å². The first kappa shape index (κ1) is 44.2. The van der Waals surface area contributed by atoms with E-state index in [9.17, 15) is 14.4 Å². The summed E-state index contributed by atoms with van der Waals surface area (Å²) in [5, 5.41) is 12.6. The first-order valence-corrected chi connectivity index (χ1v) is 23.5. The number of methoxy groups -OCH3 is 2. The number of thiophene rings is 1. The number of imide groups is 1. The summed E-state index contributed by atoms with van der Waals surface area (Å²) in [7, 11) is 5.38. The second kappa shape index (κ2) is 20.0. The van der Waals surface area contributed by atoms with E-state index in [-0.39, 0.29) is 30.2 Å². The van der Waals surface area contributed by atoms with Crippen molar-refractivity contribution in [1.29, 1.82) is 0 Å². The second-order valence-corrected chi connectivity index (χ2v) is 18.3. The Labute approximate surface area is 375 Å². The third kappa shape index (κ3) is 9.75. The van der Waals surface area contributed by atoms with Crippen LogP contribution in [0.15, 0.2) is 60.0 Å². The summed E-state index contributed by atoms with van der Waals surface area (Å²) in [5.41, 5.74) is 8.61. The Bertz CT molecular complexity index is 2460. The quantitative estimate of drug-likeness (QED) is 0.0579. The molecule has 5 heterocycles. The minimum atomic E-state index is -0.582. The average molecular weight is 872 g/mol. The van der Waals surface area contributed by atoms with E-state index in [1.165, 1.54) is 46.4 Å². The third-order valence-electron chi connectivity index (χ3n) is 13.1. The Morgan fingerprint density at radius 1 is 0.921 bits per heavy atom. The molecule has 0 radical (unpaired) electrons. The summed E-state index contributed by atoms with van der Waals surface area (Å²) in [5.74, 6) is 2.62. The SMILES string of the molecule is CNCc1ccccc1-c1csc([C@H](C)Nc2nc(C)nc3c(CCCCCCCN4CCC(c5ccc6c(c5)C(=O)N(C5CCC(=O)NC5=O)C6)CC4)c(OC)c(OC)cc23)c1. The van der Waals surface area contributed by atoms with E-state index in [0.29, 0.717) is 36.0 Å². The van der Waals surface area contributed by atoms with E-state index in [1.807, 2.05) is 20.0 Å². The lowest BCUT2D eigenvalue weighted by Gasteiger charge is -2.32. The van der Waals surface area contributed by atoms with Crippen LogP contribution in [0.25, 0.3) is 22.0 Å². The van der Waals surface area contributed by atoms with Crippen LogP contribution in [0.1, 0.15) is 120 Å². The van der Waals surface area contributed by atoms with Crippen LogP contribution in [0, 0.1) is 6.92 Å². The molecular formula is C50H61N7O5S. The number of fused-ring (bicyclic) bond motifs is 2. The number of anilines is 1. The molecule has 2 atom stereocenters. The van der Waals surface area contributed by atoms with E-state index >= 15 is 0 Å². The first-order valence-electron chi connectivity index (χ1n) is 22.7. The van der Waals surface area contributed by atoms with Crippen molar-refractivity contribution in [2.24, 2.45) is 0 Å². The van der Waals surface area contributed by atoms with Gasteiger partial charge in [-0.05, 0) is 136 Å². The molecule has 12 nitrogen and oxygen atoms in total. The number of benzene rings is 3. The van der Waals surface area contributed by atoms with Crippen LogP contribution in [-0.4, -0.2) is 84.4 Å². The van der Waals surface area contributed by atoms with Crippen molar-refractivity contribution in [3.63, 3.8) is 0 Å². The number of likely N-dealkylation sites (tertiary alicyclic amines) is 1. The lowest BCUT2D eigenvalue weighted by molar-refractivity contribution is -0.136. The van der Waals surface area contributed by atoms with Crippen molar-refractivity contribution in [1.82, 2.24) is 30.4 Å². The summed E-state index contributed by atoms with van der Waals surface area (Å²) < 4.78 is 11.9. The molecule has 3 N–H and O–H groups in total. The monoisotopic (exact) mass is 871 g/mol. The van der Waals surface area contributed by atoms with Gasteiger partial charge < -0.3 is 29.9 Å². The van der Waals surface area contributed by atoms with Gasteiger partial charge in [0.2, 0.25) is 11.8 Å². The summed E-state index contributed by atoms with van der Waals surface area (Å²) in [6, 6.07) is 18.6. The molecule has 1 unspecified atom stereocenters. The number of aromatic nitrogens is 2. The van der Waals surface area contributed by atoms with Crippen molar-refractivity contribution in [2.45, 2.75) is 109 Å². The van der Waals surface area contributed by atoms with Gasteiger partial charge in [-0.25, -0.2) is 9.97 Å². The summed E-state index contributed by atoms with van der Waals surface area (Å²) in [6.07, 6.45) is 9.28. The van der Waals surface area contributed by atoms with Gasteiger partial charge in [0.05, 0.1) is 25.8 Å². The molecule has 3 aliphatic rings. The maximum atomic E-state index is 13.4. The molecule has 2 fully saturated rings. The third-order valence-corrected chi connectivity index (χ3v) is 14.3. The standard InChI is InChI=1S/C50H61N7O5S/c1-31(44-26-37(30-63-44)38-14-11-10-13-35(38)28-51-3)52-48-41-27-43(61-4)47(62-5)39(46(41)53-32(2)54-48)15-9-7-6-8-12-22-56-23-20-33(21-24-56)34-16-17-36-29-57(50(60)40(36)25-34)42-18-19-45(58)55-49(42)59/h10-11,13-14,16-17,25-27,30-31,33,42,51H,6-9,12,15,18-24,28-29H2,1-5H3,(H,52,53,54)(H,55,58,59)/t31-,42?/m0/s1. The molecule has 3 aliphatic heterocycles. The zero-order chi connectivity index (χ0) is 44.0. The Morgan fingerprint density at radius 2 is 1.71 bits per heavy atom. The number of piperidine rings is 2. The molecule has 0 bridgehead atoms. The molecule has 13 heteroatoms. The molecule has 2 aromatic heterocycles. The van der Waals surface area contributed by atoms with Gasteiger partial charge in [0.15, 0.2) is 11.5 Å². The van der Waals surface area contributed by atoms with Crippen LogP contribution in [0.4, 0.5) is 5.82 Å². The Balaban J connectivity index is 0.823. The molecule has 5 aromatic rings. The fourth-order valence-corrected chi connectivity index (χ4v) is 10.7. The highest BCUT2D eigenvalue weighted by Gasteiger charge is 2.39. The van der Waals surface area contributed by atoms with Crippen molar-refractivity contribution in [3.8, 4) is 22.6 Å². The number of hydrogen-bond donors (Lipinski definition) is 3. The molecule has 0 spiro atoms. The summed E-state index contributed by atoms with van der Waals surface area (Å²) in [4.78, 5) is 52.9. The Hall–Kier alpha value is -5.37.